The van der Waals surface area contributed by atoms with E-state index in [-0.39, 0.29) is 0 Å². The van der Waals surface area contributed by atoms with Crippen LogP contribution in [0.1, 0.15) is 62.6 Å². The van der Waals surface area contributed by atoms with E-state index in [9.17, 15) is 0 Å². The highest BCUT2D eigenvalue weighted by Gasteiger charge is 2.11. The molecule has 4 heteroatoms. The molecule has 0 saturated carbocycles. The SMILES string of the molecule is Cc1ccc(-c2nc(COCCCCCCC3CCCCNC3)cs2)cc1. The van der Waals surface area contributed by atoms with Crippen molar-refractivity contribution in [1.82, 2.24) is 10.3 Å². The van der Waals surface area contributed by atoms with Gasteiger partial charge in [-0.15, -0.1) is 11.3 Å². The summed E-state index contributed by atoms with van der Waals surface area (Å²) in [5.74, 6) is 0.913. The Morgan fingerprint density at radius 3 is 2.85 bits per heavy atom. The Morgan fingerprint density at radius 1 is 1.11 bits per heavy atom. The van der Waals surface area contributed by atoms with Crippen LogP contribution in [0.2, 0.25) is 0 Å². The van der Waals surface area contributed by atoms with Gasteiger partial charge in [0.05, 0.1) is 12.3 Å². The minimum Gasteiger partial charge on any atom is -0.375 e. The van der Waals surface area contributed by atoms with Gasteiger partial charge < -0.3 is 10.1 Å². The second-order valence-corrected chi connectivity index (χ2v) is 8.69. The second kappa shape index (κ2) is 11.6. The lowest BCUT2D eigenvalue weighted by atomic mass is 9.96. The van der Waals surface area contributed by atoms with Crippen LogP contribution in [0.5, 0.6) is 0 Å². The highest BCUT2D eigenvalue weighted by molar-refractivity contribution is 7.13. The molecule has 1 N–H and O–H groups in total. The van der Waals surface area contributed by atoms with E-state index < -0.39 is 0 Å². The van der Waals surface area contributed by atoms with Crippen LogP contribution < -0.4 is 5.32 Å². The normalized spacial score (nSPS) is 17.7. The van der Waals surface area contributed by atoms with E-state index in [0.29, 0.717) is 6.61 Å². The number of benzene rings is 1. The maximum Gasteiger partial charge on any atom is 0.123 e. The van der Waals surface area contributed by atoms with Crippen LogP contribution in [0, 0.1) is 12.8 Å². The number of hydrogen-bond donors (Lipinski definition) is 1. The Labute approximate surface area is 168 Å². The van der Waals surface area contributed by atoms with Crippen LogP contribution in [-0.4, -0.2) is 24.7 Å². The third-order valence-corrected chi connectivity index (χ3v) is 6.34. The smallest absolute Gasteiger partial charge is 0.123 e. The molecule has 1 unspecified atom stereocenters. The van der Waals surface area contributed by atoms with Gasteiger partial charge in [-0.25, -0.2) is 4.98 Å². The van der Waals surface area contributed by atoms with Crippen molar-refractivity contribution in [3.63, 3.8) is 0 Å². The third kappa shape index (κ3) is 7.36. The average molecular weight is 387 g/mol. The number of unbranched alkanes of at least 4 members (excludes halogenated alkanes) is 3. The minimum absolute atomic E-state index is 0.635. The molecule has 3 nitrogen and oxygen atoms in total. The van der Waals surface area contributed by atoms with Crippen LogP contribution >= 0.6 is 11.3 Å². The summed E-state index contributed by atoms with van der Waals surface area (Å²) in [4.78, 5) is 4.70. The average Bonchev–Trinajstić information content (AvgIpc) is 3.00. The highest BCUT2D eigenvalue weighted by Crippen LogP contribution is 2.24. The van der Waals surface area contributed by atoms with Crippen molar-refractivity contribution >= 4 is 11.3 Å². The fraction of sp³-hybridized carbons (Fsp3) is 0.609. The number of nitrogens with zero attached hydrogens (tertiary/aromatic N) is 1. The molecule has 27 heavy (non-hydrogen) atoms. The third-order valence-electron chi connectivity index (χ3n) is 5.40. The molecule has 0 aliphatic carbocycles. The quantitative estimate of drug-likeness (QED) is 0.510. The Bertz CT molecular complexity index is 645. The van der Waals surface area contributed by atoms with E-state index in [1.807, 2.05) is 0 Å². The highest BCUT2D eigenvalue weighted by atomic mass is 32.1. The lowest BCUT2D eigenvalue weighted by Gasteiger charge is -2.13. The first-order valence-corrected chi connectivity index (χ1v) is 11.5. The van der Waals surface area contributed by atoms with Gasteiger partial charge in [0.25, 0.3) is 0 Å². The van der Waals surface area contributed by atoms with Crippen molar-refractivity contribution in [1.29, 1.82) is 0 Å². The molecular formula is C23H34N2OS. The molecule has 3 rings (SSSR count). The summed E-state index contributed by atoms with van der Waals surface area (Å²) in [6, 6.07) is 8.56. The Hall–Kier alpha value is -1.23. The molecule has 1 saturated heterocycles. The van der Waals surface area contributed by atoms with E-state index in [1.165, 1.54) is 69.2 Å². The number of aryl methyl sites for hydroxylation is 1. The molecule has 1 aromatic carbocycles. The lowest BCUT2D eigenvalue weighted by Crippen LogP contribution is -2.20. The molecule has 148 valence electrons. The molecule has 1 atom stereocenters. The van der Waals surface area contributed by atoms with Gasteiger partial charge in [-0.3, -0.25) is 0 Å². The van der Waals surface area contributed by atoms with Gasteiger partial charge in [0.15, 0.2) is 0 Å². The minimum atomic E-state index is 0.635. The van der Waals surface area contributed by atoms with Gasteiger partial charge in [-0.05, 0) is 51.6 Å². The molecule has 0 spiro atoms. The molecule has 1 fully saturated rings. The molecule has 2 heterocycles. The molecule has 1 aliphatic rings. The number of aromatic nitrogens is 1. The van der Waals surface area contributed by atoms with Gasteiger partial charge in [-0.1, -0.05) is 55.5 Å². The van der Waals surface area contributed by atoms with Gasteiger partial charge in [0.1, 0.15) is 5.01 Å². The predicted molar refractivity (Wildman–Crippen MR) is 115 cm³/mol. The van der Waals surface area contributed by atoms with Gasteiger partial charge in [0, 0.05) is 17.6 Å². The maximum absolute atomic E-state index is 5.84. The summed E-state index contributed by atoms with van der Waals surface area (Å²) >= 11 is 1.70. The largest absolute Gasteiger partial charge is 0.375 e. The number of thiazole rings is 1. The van der Waals surface area contributed by atoms with E-state index >= 15 is 0 Å². The molecule has 1 aliphatic heterocycles. The van der Waals surface area contributed by atoms with Crippen molar-refractivity contribution in [3.8, 4) is 10.6 Å². The van der Waals surface area contributed by atoms with Crippen molar-refractivity contribution in [2.75, 3.05) is 19.7 Å². The van der Waals surface area contributed by atoms with Crippen LogP contribution in [0.4, 0.5) is 0 Å². The second-order valence-electron chi connectivity index (χ2n) is 7.83. The van der Waals surface area contributed by atoms with Crippen molar-refractivity contribution in [2.45, 2.75) is 64.9 Å². The molecule has 2 aromatic rings. The summed E-state index contributed by atoms with van der Waals surface area (Å²) in [5, 5.41) is 6.78. The van der Waals surface area contributed by atoms with Crippen LogP contribution in [0.3, 0.4) is 0 Å². The van der Waals surface area contributed by atoms with E-state index in [0.717, 1.165) is 29.6 Å². The lowest BCUT2D eigenvalue weighted by molar-refractivity contribution is 0.114. The predicted octanol–water partition coefficient (Wildman–Crippen LogP) is 5.98. The summed E-state index contributed by atoms with van der Waals surface area (Å²) in [7, 11) is 0. The Morgan fingerprint density at radius 2 is 1.96 bits per heavy atom. The Kier molecular flexibility index (Phi) is 8.79. The van der Waals surface area contributed by atoms with E-state index in [1.54, 1.807) is 11.3 Å². The number of nitrogens with one attached hydrogen (secondary N) is 1. The summed E-state index contributed by atoms with van der Waals surface area (Å²) in [5.41, 5.74) is 3.53. The summed E-state index contributed by atoms with van der Waals surface area (Å²) in [6.07, 6.45) is 10.8. The summed E-state index contributed by atoms with van der Waals surface area (Å²) < 4.78 is 5.84. The zero-order chi connectivity index (χ0) is 18.7. The zero-order valence-corrected chi connectivity index (χ0v) is 17.5. The molecule has 0 bridgehead atoms. The fourth-order valence-corrected chi connectivity index (χ4v) is 4.52. The van der Waals surface area contributed by atoms with E-state index in [2.05, 4.69) is 41.9 Å². The molecular weight excluding hydrogens is 352 g/mol. The zero-order valence-electron chi connectivity index (χ0n) is 16.7. The van der Waals surface area contributed by atoms with Gasteiger partial charge in [-0.2, -0.15) is 0 Å². The first-order valence-electron chi connectivity index (χ1n) is 10.6. The van der Waals surface area contributed by atoms with Gasteiger partial charge in [0.2, 0.25) is 0 Å². The number of ether oxygens (including phenoxy) is 1. The molecule has 0 radical (unpaired) electrons. The summed E-state index contributed by atoms with van der Waals surface area (Å²) in [6.45, 7) is 6.05. The number of hydrogen-bond acceptors (Lipinski definition) is 4. The van der Waals surface area contributed by atoms with Crippen molar-refractivity contribution in [2.24, 2.45) is 5.92 Å². The van der Waals surface area contributed by atoms with Crippen molar-refractivity contribution < 1.29 is 4.74 Å². The molecule has 1 aromatic heterocycles. The number of rotatable bonds is 10. The first-order chi connectivity index (χ1) is 13.3. The monoisotopic (exact) mass is 386 g/mol. The van der Waals surface area contributed by atoms with Gasteiger partial charge >= 0.3 is 0 Å². The van der Waals surface area contributed by atoms with E-state index in [4.69, 9.17) is 9.72 Å². The van der Waals surface area contributed by atoms with Crippen LogP contribution in [0.15, 0.2) is 29.6 Å². The topological polar surface area (TPSA) is 34.1 Å². The maximum atomic E-state index is 5.84. The van der Waals surface area contributed by atoms with Crippen molar-refractivity contribution in [3.05, 3.63) is 40.9 Å². The van der Waals surface area contributed by atoms with Crippen LogP contribution in [0.25, 0.3) is 10.6 Å². The van der Waals surface area contributed by atoms with Crippen LogP contribution in [-0.2, 0) is 11.3 Å². The molecule has 0 amide bonds. The standard InChI is InChI=1S/C23H34N2OS/c1-19-10-12-21(13-11-19)23-25-22(18-27-23)17-26-15-7-3-2-4-8-20-9-5-6-14-24-16-20/h10-13,18,20,24H,2-9,14-17H2,1H3. The fourth-order valence-electron chi connectivity index (χ4n) is 3.71. The first kappa shape index (κ1) is 20.5. The Balaban J connectivity index is 1.24.